The van der Waals surface area contributed by atoms with Crippen LogP contribution in [0, 0.1) is 0 Å². The number of carboxylic acids is 4. The normalized spacial score (nSPS) is 5.96. The Hall–Kier alpha value is -3.68. The Morgan fingerprint density at radius 2 is 0.720 bits per heavy atom. The lowest BCUT2D eigenvalue weighted by Crippen LogP contribution is -1.92. The summed E-state index contributed by atoms with van der Waals surface area (Å²) in [5.74, 6) is -3.88. The quantitative estimate of drug-likeness (QED) is 0.442. The van der Waals surface area contributed by atoms with Crippen LogP contribution in [0.25, 0.3) is 0 Å². The van der Waals surface area contributed by atoms with Crippen molar-refractivity contribution in [2.24, 2.45) is 0 Å². The van der Waals surface area contributed by atoms with Gasteiger partial charge in [0.2, 0.25) is 0 Å². The highest BCUT2D eigenvalue weighted by Gasteiger charge is 1.90. The van der Waals surface area contributed by atoms with Crippen LogP contribution in [0.5, 0.6) is 0 Å². The number of hydrogen-bond donors (Lipinski definition) is 4. The molecule has 8 heteroatoms. The monoisotopic (exact) mass is 358 g/mol. The van der Waals surface area contributed by atoms with Crippen LogP contribution in [0.15, 0.2) is 76.4 Å². The lowest BCUT2D eigenvalue weighted by atomic mass is 10.4. The van der Waals surface area contributed by atoms with E-state index < -0.39 is 23.9 Å². The first-order valence-electron chi connectivity index (χ1n) is 5.91. The maximum absolute atomic E-state index is 9.60. The molecule has 0 saturated carbocycles. The van der Waals surface area contributed by atoms with Gasteiger partial charge in [-0.15, -0.1) is 26.3 Å². The zero-order chi connectivity index (χ0) is 22.0. The molecular formula is C17H26O8. The van der Waals surface area contributed by atoms with Gasteiger partial charge in [0.1, 0.15) is 0 Å². The van der Waals surface area contributed by atoms with E-state index in [1.807, 2.05) is 0 Å². The molecule has 0 saturated heterocycles. The molecule has 8 nitrogen and oxygen atoms in total. The molecule has 0 rings (SSSR count). The highest BCUT2D eigenvalue weighted by Crippen LogP contribution is 1.81. The molecule has 0 spiro atoms. The molecule has 0 aromatic rings. The minimum absolute atomic E-state index is 0.176. The van der Waals surface area contributed by atoms with E-state index in [-0.39, 0.29) is 5.57 Å². The maximum Gasteiger partial charge on any atom is 0.330 e. The smallest absolute Gasteiger partial charge is 0.330 e. The molecule has 0 radical (unpaired) electrons. The van der Waals surface area contributed by atoms with Crippen LogP contribution in [-0.4, -0.2) is 44.3 Å². The SMILES string of the molecule is C=C.C=C.C=C(C)C(=O)O.C=CC(=O)O.C=CC(=O)O.C=CC(=O)O. The summed E-state index contributed by atoms with van der Waals surface area (Å²) in [6.45, 7) is 25.5. The van der Waals surface area contributed by atoms with Crippen molar-refractivity contribution in [3.8, 4) is 0 Å². The van der Waals surface area contributed by atoms with Crippen LogP contribution in [0.3, 0.4) is 0 Å². The van der Waals surface area contributed by atoms with Gasteiger partial charge >= 0.3 is 23.9 Å². The van der Waals surface area contributed by atoms with Crippen molar-refractivity contribution in [2.75, 3.05) is 0 Å². The zero-order valence-corrected chi connectivity index (χ0v) is 14.3. The summed E-state index contributed by atoms with van der Waals surface area (Å²) < 4.78 is 0. The third kappa shape index (κ3) is 171. The van der Waals surface area contributed by atoms with E-state index >= 15 is 0 Å². The molecule has 25 heavy (non-hydrogen) atoms. The molecule has 0 aliphatic rings. The van der Waals surface area contributed by atoms with Crippen molar-refractivity contribution in [1.29, 1.82) is 0 Å². The molecule has 0 aromatic heterocycles. The predicted molar refractivity (Wildman–Crippen MR) is 98.5 cm³/mol. The standard InChI is InChI=1S/C4H6O2.3C3H4O2.2C2H4/c1-3(2)4(5)6;3*1-2-3(4)5;2*1-2/h1H2,2H3,(H,5,6);3*2H,1H2,(H,4,5);2*1-2H2. The Morgan fingerprint density at radius 3 is 0.720 bits per heavy atom. The second-order valence-corrected chi connectivity index (χ2v) is 2.71. The number of rotatable bonds is 4. The molecule has 0 bridgehead atoms. The second kappa shape index (κ2) is 37.0. The second-order valence-electron chi connectivity index (χ2n) is 2.71. The summed E-state index contributed by atoms with van der Waals surface area (Å²) in [6, 6.07) is 0. The van der Waals surface area contributed by atoms with Crippen LogP contribution in [-0.2, 0) is 19.2 Å². The summed E-state index contributed by atoms with van der Waals surface area (Å²) in [4.78, 5) is 37.3. The van der Waals surface area contributed by atoms with E-state index in [0.29, 0.717) is 0 Å². The first-order chi connectivity index (χ1) is 11.5. The Bertz CT molecular complexity index is 379. The first-order valence-corrected chi connectivity index (χ1v) is 5.91. The Balaban J connectivity index is -0.0000000451. The maximum atomic E-state index is 9.60. The van der Waals surface area contributed by atoms with E-state index in [1.54, 1.807) is 0 Å². The van der Waals surface area contributed by atoms with Gasteiger partial charge in [-0.25, -0.2) is 19.2 Å². The molecule has 4 N–H and O–H groups in total. The summed E-state index contributed by atoms with van der Waals surface area (Å²) in [6.07, 6.45) is 2.50. The van der Waals surface area contributed by atoms with Gasteiger partial charge < -0.3 is 20.4 Å². The Kier molecular flexibility index (Phi) is 55.5. The Labute approximate surface area is 147 Å². The number of carboxylic acid groups (broad SMARTS) is 4. The van der Waals surface area contributed by atoms with Crippen LogP contribution >= 0.6 is 0 Å². The highest BCUT2D eigenvalue weighted by molar-refractivity contribution is 5.84. The fourth-order valence-electron chi connectivity index (χ4n) is 0. The predicted octanol–water partition coefficient (Wildman–Crippen LogP) is 3.02. The molecule has 0 heterocycles. The average molecular weight is 358 g/mol. The third-order valence-electron chi connectivity index (χ3n) is 0.889. The lowest BCUT2D eigenvalue weighted by molar-refractivity contribution is -0.133. The fraction of sp³-hybridized carbons (Fsp3) is 0.0588. The van der Waals surface area contributed by atoms with Gasteiger partial charge in [0, 0.05) is 23.8 Å². The molecule has 142 valence electrons. The molecule has 0 amide bonds. The molecular weight excluding hydrogens is 332 g/mol. The lowest BCUT2D eigenvalue weighted by Gasteiger charge is -1.79. The molecule has 0 unspecified atom stereocenters. The molecule has 0 atom stereocenters. The molecule has 0 aromatic carbocycles. The van der Waals surface area contributed by atoms with Gasteiger partial charge in [-0.2, -0.15) is 0 Å². The van der Waals surface area contributed by atoms with Gasteiger partial charge in [0.15, 0.2) is 0 Å². The minimum Gasteiger partial charge on any atom is -0.478 e. The van der Waals surface area contributed by atoms with Crippen molar-refractivity contribution in [3.63, 3.8) is 0 Å². The third-order valence-corrected chi connectivity index (χ3v) is 0.889. The summed E-state index contributed by atoms with van der Waals surface area (Å²) >= 11 is 0. The van der Waals surface area contributed by atoms with Crippen LogP contribution in [0.4, 0.5) is 0 Å². The van der Waals surface area contributed by atoms with Gasteiger partial charge in [-0.1, -0.05) is 26.3 Å². The van der Waals surface area contributed by atoms with Crippen molar-refractivity contribution >= 4 is 23.9 Å². The fourth-order valence-corrected chi connectivity index (χ4v) is 0. The van der Waals surface area contributed by atoms with E-state index in [0.717, 1.165) is 18.2 Å². The molecule has 0 aliphatic heterocycles. The number of hydrogen-bond acceptors (Lipinski definition) is 4. The minimum atomic E-state index is -0.981. The van der Waals surface area contributed by atoms with Crippen molar-refractivity contribution in [2.45, 2.75) is 6.92 Å². The molecule has 0 fully saturated rings. The van der Waals surface area contributed by atoms with Gasteiger partial charge in [-0.05, 0) is 6.92 Å². The summed E-state index contributed by atoms with van der Waals surface area (Å²) in [5, 5.41) is 30.7. The van der Waals surface area contributed by atoms with Gasteiger partial charge in [0.25, 0.3) is 0 Å². The largest absolute Gasteiger partial charge is 0.478 e. The van der Waals surface area contributed by atoms with Crippen LogP contribution < -0.4 is 0 Å². The van der Waals surface area contributed by atoms with Gasteiger partial charge in [-0.3, -0.25) is 0 Å². The summed E-state index contributed by atoms with van der Waals surface area (Å²) in [7, 11) is 0. The average Bonchev–Trinajstić information content (AvgIpc) is 2.59. The first kappa shape index (κ1) is 37.5. The topological polar surface area (TPSA) is 149 Å². The zero-order valence-electron chi connectivity index (χ0n) is 14.3. The van der Waals surface area contributed by atoms with Crippen LogP contribution in [0.2, 0.25) is 0 Å². The van der Waals surface area contributed by atoms with E-state index in [4.69, 9.17) is 20.4 Å². The van der Waals surface area contributed by atoms with Crippen molar-refractivity contribution < 1.29 is 39.6 Å². The molecule has 0 aliphatic carbocycles. The van der Waals surface area contributed by atoms with E-state index in [2.05, 4.69) is 52.6 Å². The number of aliphatic carboxylic acids is 4. The Morgan fingerprint density at radius 1 is 0.640 bits per heavy atom. The van der Waals surface area contributed by atoms with Gasteiger partial charge in [0.05, 0.1) is 0 Å². The van der Waals surface area contributed by atoms with Crippen molar-refractivity contribution in [3.05, 3.63) is 76.4 Å². The summed E-state index contributed by atoms with van der Waals surface area (Å²) in [5.41, 5.74) is 0.176. The highest BCUT2D eigenvalue weighted by atomic mass is 16.4. The number of carbonyl (C=O) groups is 4. The van der Waals surface area contributed by atoms with Crippen molar-refractivity contribution in [1.82, 2.24) is 0 Å². The van der Waals surface area contributed by atoms with E-state index in [9.17, 15) is 19.2 Å². The van der Waals surface area contributed by atoms with E-state index in [1.165, 1.54) is 6.92 Å². The van der Waals surface area contributed by atoms with Crippen LogP contribution in [0.1, 0.15) is 6.92 Å².